The van der Waals surface area contributed by atoms with Crippen LogP contribution in [0, 0.1) is 6.92 Å². The van der Waals surface area contributed by atoms with E-state index in [9.17, 15) is 18.0 Å². The predicted octanol–water partition coefficient (Wildman–Crippen LogP) is 2.91. The molecule has 0 radical (unpaired) electrons. The van der Waals surface area contributed by atoms with Crippen molar-refractivity contribution in [2.24, 2.45) is 0 Å². The smallest absolute Gasteiger partial charge is 0.407 e. The molecule has 0 aliphatic carbocycles. The van der Waals surface area contributed by atoms with Crippen molar-refractivity contribution in [1.29, 1.82) is 0 Å². The summed E-state index contributed by atoms with van der Waals surface area (Å²) in [5.41, 5.74) is 0.898. The van der Waals surface area contributed by atoms with Crippen LogP contribution in [-0.4, -0.2) is 38.7 Å². The summed E-state index contributed by atoms with van der Waals surface area (Å²) < 4.78 is 38.2. The fourth-order valence-electron chi connectivity index (χ4n) is 2.47. The Labute approximate surface area is 183 Å². The van der Waals surface area contributed by atoms with Crippen molar-refractivity contribution in [3.63, 3.8) is 0 Å². The molecule has 0 saturated heterocycles. The van der Waals surface area contributed by atoms with Gasteiger partial charge in [-0.1, -0.05) is 48.0 Å². The van der Waals surface area contributed by atoms with E-state index in [0.717, 1.165) is 11.1 Å². The number of amides is 1. The first-order valence-electron chi connectivity index (χ1n) is 9.73. The monoisotopic (exact) mass is 448 g/mol. The zero-order chi connectivity index (χ0) is 23.1. The van der Waals surface area contributed by atoms with Crippen molar-refractivity contribution < 1.29 is 27.5 Å². The van der Waals surface area contributed by atoms with Crippen molar-refractivity contribution in [3.8, 4) is 0 Å². The van der Waals surface area contributed by atoms with E-state index in [-0.39, 0.29) is 18.0 Å². The summed E-state index contributed by atoms with van der Waals surface area (Å²) in [5.74, 6) is -0.824. The molecule has 0 heterocycles. The molecule has 0 aliphatic rings. The summed E-state index contributed by atoms with van der Waals surface area (Å²) in [6.45, 7) is 6.54. The number of nitrogens with one attached hydrogen (secondary N) is 2. The number of aryl methyl sites for hydroxylation is 1. The summed E-state index contributed by atoms with van der Waals surface area (Å²) in [4.78, 5) is 24.6. The third-order valence-electron chi connectivity index (χ3n) is 3.99. The van der Waals surface area contributed by atoms with Crippen molar-refractivity contribution >= 4 is 22.1 Å². The van der Waals surface area contributed by atoms with Crippen molar-refractivity contribution in [1.82, 2.24) is 10.0 Å². The molecule has 0 unspecified atom stereocenters. The van der Waals surface area contributed by atoms with Crippen LogP contribution in [0.4, 0.5) is 4.79 Å². The molecule has 0 saturated carbocycles. The summed E-state index contributed by atoms with van der Waals surface area (Å²) >= 11 is 0. The average molecular weight is 449 g/mol. The van der Waals surface area contributed by atoms with Gasteiger partial charge in [0, 0.05) is 6.54 Å². The van der Waals surface area contributed by atoms with Gasteiger partial charge in [-0.25, -0.2) is 13.2 Å². The first-order valence-corrected chi connectivity index (χ1v) is 11.2. The van der Waals surface area contributed by atoms with E-state index in [1.807, 2.05) is 13.0 Å². The first-order chi connectivity index (χ1) is 14.5. The van der Waals surface area contributed by atoms with Gasteiger partial charge in [0.15, 0.2) is 0 Å². The Morgan fingerprint density at radius 2 is 1.61 bits per heavy atom. The van der Waals surface area contributed by atoms with Crippen molar-refractivity contribution in [2.45, 2.75) is 50.8 Å². The molecule has 1 atom stereocenters. The Morgan fingerprint density at radius 1 is 1.00 bits per heavy atom. The number of carbonyl (C=O) groups excluding carboxylic acids is 2. The van der Waals surface area contributed by atoms with Gasteiger partial charge in [-0.3, -0.25) is 4.79 Å². The minimum Gasteiger partial charge on any atom is -0.460 e. The van der Waals surface area contributed by atoms with Crippen LogP contribution in [0.25, 0.3) is 0 Å². The Kier molecular flexibility index (Phi) is 8.18. The maximum atomic E-state index is 12.7. The van der Waals surface area contributed by atoms with Crippen LogP contribution in [0.15, 0.2) is 59.5 Å². The molecular formula is C22H28N2O6S. The van der Waals surface area contributed by atoms with E-state index in [1.54, 1.807) is 57.2 Å². The number of hydrogen-bond acceptors (Lipinski definition) is 6. The summed E-state index contributed by atoms with van der Waals surface area (Å²) in [6.07, 6.45) is -0.775. The standard InChI is InChI=1S/C22H28N2O6S/c1-16-10-12-18(13-11-16)31(27,28)24-19(14-23-21(26)30-22(2,3)4)20(25)29-15-17-8-6-5-7-9-17/h5-13,19,24H,14-15H2,1-4H3,(H,23,26)/t19-/m0/s1. The molecule has 0 aliphatic heterocycles. The molecule has 2 N–H and O–H groups in total. The highest BCUT2D eigenvalue weighted by molar-refractivity contribution is 7.89. The highest BCUT2D eigenvalue weighted by Gasteiger charge is 2.28. The molecule has 0 bridgehead atoms. The molecular weight excluding hydrogens is 420 g/mol. The topological polar surface area (TPSA) is 111 Å². The summed E-state index contributed by atoms with van der Waals surface area (Å²) in [5, 5.41) is 2.41. The quantitative estimate of drug-likeness (QED) is 0.601. The molecule has 9 heteroatoms. The Hall–Kier alpha value is -2.91. The fourth-order valence-corrected chi connectivity index (χ4v) is 3.66. The van der Waals surface area contributed by atoms with Gasteiger partial charge in [0.25, 0.3) is 0 Å². The molecule has 0 spiro atoms. The van der Waals surface area contributed by atoms with Crippen LogP contribution < -0.4 is 10.0 Å². The number of alkyl carbamates (subject to hydrolysis) is 1. The minimum absolute atomic E-state index is 0.00349. The number of benzene rings is 2. The van der Waals surface area contributed by atoms with Crippen molar-refractivity contribution in [2.75, 3.05) is 6.54 Å². The minimum atomic E-state index is -4.03. The summed E-state index contributed by atoms with van der Waals surface area (Å²) in [6, 6.07) is 13.8. The van der Waals surface area contributed by atoms with Gasteiger partial charge >= 0.3 is 12.1 Å². The van der Waals surface area contributed by atoms with Crippen LogP contribution >= 0.6 is 0 Å². The van der Waals surface area contributed by atoms with Gasteiger partial charge in [0.05, 0.1) is 4.90 Å². The van der Waals surface area contributed by atoms with Gasteiger partial charge < -0.3 is 14.8 Å². The zero-order valence-electron chi connectivity index (χ0n) is 18.0. The van der Waals surface area contributed by atoms with Crippen LogP contribution in [0.2, 0.25) is 0 Å². The van der Waals surface area contributed by atoms with E-state index in [4.69, 9.17) is 9.47 Å². The highest BCUT2D eigenvalue weighted by atomic mass is 32.2. The van der Waals surface area contributed by atoms with Crippen LogP contribution in [0.5, 0.6) is 0 Å². The number of esters is 1. The van der Waals surface area contributed by atoms with Gasteiger partial charge in [-0.05, 0) is 45.4 Å². The molecule has 2 aromatic rings. The molecule has 0 fully saturated rings. The van der Waals surface area contributed by atoms with E-state index < -0.39 is 33.7 Å². The van der Waals surface area contributed by atoms with Crippen LogP contribution in [0.1, 0.15) is 31.9 Å². The van der Waals surface area contributed by atoms with E-state index in [0.29, 0.717) is 0 Å². The van der Waals surface area contributed by atoms with Gasteiger partial charge in [0.1, 0.15) is 18.2 Å². The largest absolute Gasteiger partial charge is 0.460 e. The maximum absolute atomic E-state index is 12.7. The molecule has 0 aromatic heterocycles. The normalized spacial score (nSPS) is 12.6. The summed E-state index contributed by atoms with van der Waals surface area (Å²) in [7, 11) is -4.03. The molecule has 168 valence electrons. The lowest BCUT2D eigenvalue weighted by atomic mass is 10.2. The van der Waals surface area contributed by atoms with Gasteiger partial charge in [-0.2, -0.15) is 4.72 Å². The van der Waals surface area contributed by atoms with E-state index in [2.05, 4.69) is 10.0 Å². The van der Waals surface area contributed by atoms with Gasteiger partial charge in [-0.15, -0.1) is 0 Å². The average Bonchev–Trinajstić information content (AvgIpc) is 2.69. The predicted molar refractivity (Wildman–Crippen MR) is 116 cm³/mol. The second-order valence-electron chi connectivity index (χ2n) is 7.96. The SMILES string of the molecule is Cc1ccc(S(=O)(=O)N[C@@H](CNC(=O)OC(C)(C)C)C(=O)OCc2ccccc2)cc1. The number of carbonyl (C=O) groups is 2. The third kappa shape index (κ3) is 8.39. The lowest BCUT2D eigenvalue weighted by Crippen LogP contribution is -2.49. The second-order valence-corrected chi connectivity index (χ2v) is 9.68. The number of sulfonamides is 1. The molecule has 2 aromatic carbocycles. The van der Waals surface area contributed by atoms with Crippen molar-refractivity contribution in [3.05, 3.63) is 65.7 Å². The maximum Gasteiger partial charge on any atom is 0.407 e. The molecule has 1 amide bonds. The van der Waals surface area contributed by atoms with Crippen LogP contribution in [-0.2, 0) is 30.9 Å². The Morgan fingerprint density at radius 3 is 2.19 bits per heavy atom. The number of hydrogen-bond donors (Lipinski definition) is 2. The fraction of sp³-hybridized carbons (Fsp3) is 0.364. The number of rotatable bonds is 8. The van der Waals surface area contributed by atoms with Gasteiger partial charge in [0.2, 0.25) is 10.0 Å². The lowest BCUT2D eigenvalue weighted by molar-refractivity contribution is -0.146. The molecule has 8 nitrogen and oxygen atoms in total. The third-order valence-corrected chi connectivity index (χ3v) is 5.47. The zero-order valence-corrected chi connectivity index (χ0v) is 18.9. The Bertz CT molecular complexity index is 983. The van der Waals surface area contributed by atoms with E-state index in [1.165, 1.54) is 12.1 Å². The molecule has 31 heavy (non-hydrogen) atoms. The second kappa shape index (κ2) is 10.4. The highest BCUT2D eigenvalue weighted by Crippen LogP contribution is 2.12. The molecule has 2 rings (SSSR count). The van der Waals surface area contributed by atoms with E-state index >= 15 is 0 Å². The lowest BCUT2D eigenvalue weighted by Gasteiger charge is -2.22. The number of ether oxygens (including phenoxy) is 2. The Balaban J connectivity index is 2.12. The first kappa shape index (κ1) is 24.4. The van der Waals surface area contributed by atoms with Crippen LogP contribution in [0.3, 0.4) is 0 Å².